The SMILES string of the molecule is C[C@@H]1CCCC[C@@H]1NC(=O)c1ccco1. The average Bonchev–Trinajstić information content (AvgIpc) is 2.74. The number of carbonyl (C=O) groups excluding carboxylic acids is 1. The minimum atomic E-state index is -0.0845. The molecule has 1 aromatic heterocycles. The number of carbonyl (C=O) groups is 1. The van der Waals surface area contributed by atoms with Crippen molar-refractivity contribution in [1.82, 2.24) is 5.32 Å². The highest BCUT2D eigenvalue weighted by Crippen LogP contribution is 2.23. The zero-order chi connectivity index (χ0) is 10.7. The van der Waals surface area contributed by atoms with Gasteiger partial charge in [-0.2, -0.15) is 0 Å². The summed E-state index contributed by atoms with van der Waals surface area (Å²) in [5.74, 6) is 0.907. The average molecular weight is 207 g/mol. The Kier molecular flexibility index (Phi) is 3.09. The van der Waals surface area contributed by atoms with Gasteiger partial charge in [-0.1, -0.05) is 19.8 Å². The number of nitrogens with one attached hydrogen (secondary N) is 1. The summed E-state index contributed by atoms with van der Waals surface area (Å²) in [5.41, 5.74) is 0. The number of furan rings is 1. The van der Waals surface area contributed by atoms with Crippen molar-refractivity contribution >= 4 is 5.91 Å². The molecule has 3 heteroatoms. The zero-order valence-corrected chi connectivity index (χ0v) is 9.03. The van der Waals surface area contributed by atoms with Gasteiger partial charge in [-0.25, -0.2) is 0 Å². The fraction of sp³-hybridized carbons (Fsp3) is 0.583. The van der Waals surface area contributed by atoms with Crippen LogP contribution in [0.3, 0.4) is 0 Å². The van der Waals surface area contributed by atoms with Crippen molar-refractivity contribution in [3.63, 3.8) is 0 Å². The summed E-state index contributed by atoms with van der Waals surface area (Å²) in [4.78, 5) is 11.7. The first-order valence-electron chi connectivity index (χ1n) is 5.62. The van der Waals surface area contributed by atoms with Crippen molar-refractivity contribution in [2.75, 3.05) is 0 Å². The molecule has 2 rings (SSSR count). The lowest BCUT2D eigenvalue weighted by Gasteiger charge is -2.29. The highest BCUT2D eigenvalue weighted by Gasteiger charge is 2.23. The highest BCUT2D eigenvalue weighted by atomic mass is 16.3. The number of hydrogen-bond acceptors (Lipinski definition) is 2. The second kappa shape index (κ2) is 4.51. The predicted molar refractivity (Wildman–Crippen MR) is 57.6 cm³/mol. The van der Waals surface area contributed by atoms with Gasteiger partial charge < -0.3 is 9.73 Å². The maximum atomic E-state index is 11.7. The molecule has 1 aromatic rings. The first-order valence-corrected chi connectivity index (χ1v) is 5.62. The van der Waals surface area contributed by atoms with Crippen LogP contribution in [-0.4, -0.2) is 11.9 Å². The van der Waals surface area contributed by atoms with Gasteiger partial charge in [-0.15, -0.1) is 0 Å². The Morgan fingerprint density at radius 1 is 1.47 bits per heavy atom. The Balaban J connectivity index is 1.93. The molecule has 0 unspecified atom stereocenters. The van der Waals surface area contributed by atoms with Crippen molar-refractivity contribution in [3.05, 3.63) is 24.2 Å². The van der Waals surface area contributed by atoms with Crippen molar-refractivity contribution in [2.24, 2.45) is 5.92 Å². The van der Waals surface area contributed by atoms with Crippen LogP contribution in [0.4, 0.5) is 0 Å². The first kappa shape index (κ1) is 10.3. The van der Waals surface area contributed by atoms with E-state index in [9.17, 15) is 4.79 Å². The number of hydrogen-bond donors (Lipinski definition) is 1. The minimum absolute atomic E-state index is 0.0845. The van der Waals surface area contributed by atoms with Crippen LogP contribution in [0.1, 0.15) is 43.2 Å². The van der Waals surface area contributed by atoms with Crippen LogP contribution in [0.2, 0.25) is 0 Å². The van der Waals surface area contributed by atoms with Gasteiger partial charge in [0.2, 0.25) is 0 Å². The van der Waals surface area contributed by atoms with E-state index in [1.165, 1.54) is 25.5 Å². The largest absolute Gasteiger partial charge is 0.459 e. The summed E-state index contributed by atoms with van der Waals surface area (Å²) >= 11 is 0. The summed E-state index contributed by atoms with van der Waals surface area (Å²) in [6.45, 7) is 2.20. The van der Waals surface area contributed by atoms with E-state index in [0.717, 1.165) is 6.42 Å². The molecular formula is C12H17NO2. The summed E-state index contributed by atoms with van der Waals surface area (Å²) < 4.78 is 5.06. The van der Waals surface area contributed by atoms with Crippen LogP contribution >= 0.6 is 0 Å². The van der Waals surface area contributed by atoms with Gasteiger partial charge in [-0.3, -0.25) is 4.79 Å². The zero-order valence-electron chi connectivity index (χ0n) is 9.03. The summed E-state index contributed by atoms with van der Waals surface area (Å²) in [6.07, 6.45) is 6.33. The third-order valence-corrected chi connectivity index (χ3v) is 3.17. The Morgan fingerprint density at radius 3 is 2.93 bits per heavy atom. The number of rotatable bonds is 2. The minimum Gasteiger partial charge on any atom is -0.459 e. The predicted octanol–water partition coefficient (Wildman–Crippen LogP) is 2.59. The van der Waals surface area contributed by atoms with E-state index in [1.54, 1.807) is 12.1 Å². The van der Waals surface area contributed by atoms with Crippen molar-refractivity contribution in [2.45, 2.75) is 38.6 Å². The standard InChI is InChI=1S/C12H17NO2/c1-9-5-2-3-6-10(9)13-12(14)11-7-4-8-15-11/h4,7-10H,2-3,5-6H2,1H3,(H,13,14)/t9-,10+/m1/s1. The highest BCUT2D eigenvalue weighted by molar-refractivity contribution is 5.91. The maximum Gasteiger partial charge on any atom is 0.287 e. The summed E-state index contributed by atoms with van der Waals surface area (Å²) in [7, 11) is 0. The van der Waals surface area contributed by atoms with Crippen LogP contribution in [0, 0.1) is 5.92 Å². The molecule has 1 saturated carbocycles. The summed E-state index contributed by atoms with van der Waals surface area (Å²) in [5, 5.41) is 3.04. The van der Waals surface area contributed by atoms with Gasteiger partial charge in [-0.05, 0) is 30.9 Å². The number of amides is 1. The van der Waals surface area contributed by atoms with Crippen molar-refractivity contribution < 1.29 is 9.21 Å². The fourth-order valence-corrected chi connectivity index (χ4v) is 2.18. The Hall–Kier alpha value is -1.25. The molecule has 0 bridgehead atoms. The molecule has 1 fully saturated rings. The molecule has 0 aliphatic heterocycles. The Bertz CT molecular complexity index is 318. The monoisotopic (exact) mass is 207 g/mol. The molecule has 3 nitrogen and oxygen atoms in total. The fourth-order valence-electron chi connectivity index (χ4n) is 2.18. The van der Waals surface area contributed by atoms with Gasteiger partial charge in [0.25, 0.3) is 5.91 Å². The van der Waals surface area contributed by atoms with Gasteiger partial charge in [0.1, 0.15) is 0 Å². The quantitative estimate of drug-likeness (QED) is 0.809. The van der Waals surface area contributed by atoms with Crippen LogP contribution in [0.25, 0.3) is 0 Å². The van der Waals surface area contributed by atoms with Crippen molar-refractivity contribution in [3.8, 4) is 0 Å². The van der Waals surface area contributed by atoms with E-state index in [-0.39, 0.29) is 5.91 Å². The molecule has 2 atom stereocenters. The molecular weight excluding hydrogens is 190 g/mol. The van der Waals surface area contributed by atoms with E-state index < -0.39 is 0 Å². The third kappa shape index (κ3) is 2.41. The molecule has 15 heavy (non-hydrogen) atoms. The van der Waals surface area contributed by atoms with Crippen LogP contribution in [0.15, 0.2) is 22.8 Å². The molecule has 1 N–H and O–H groups in total. The molecule has 1 aliphatic carbocycles. The second-order valence-corrected chi connectivity index (χ2v) is 4.32. The smallest absolute Gasteiger partial charge is 0.287 e. The first-order chi connectivity index (χ1) is 7.27. The molecule has 0 saturated heterocycles. The van der Waals surface area contributed by atoms with Crippen molar-refractivity contribution in [1.29, 1.82) is 0 Å². The lowest BCUT2D eigenvalue weighted by atomic mass is 9.86. The Morgan fingerprint density at radius 2 is 2.27 bits per heavy atom. The van der Waals surface area contributed by atoms with Gasteiger partial charge in [0, 0.05) is 6.04 Å². The summed E-state index contributed by atoms with van der Waals surface area (Å²) in [6, 6.07) is 3.75. The van der Waals surface area contributed by atoms with E-state index in [4.69, 9.17) is 4.42 Å². The maximum absolute atomic E-state index is 11.7. The third-order valence-electron chi connectivity index (χ3n) is 3.17. The lowest BCUT2D eigenvalue weighted by molar-refractivity contribution is 0.0882. The van der Waals surface area contributed by atoms with Gasteiger partial charge in [0.15, 0.2) is 5.76 Å². The molecule has 0 radical (unpaired) electrons. The van der Waals surface area contributed by atoms with Crippen LogP contribution in [0.5, 0.6) is 0 Å². The molecule has 82 valence electrons. The lowest BCUT2D eigenvalue weighted by Crippen LogP contribution is -2.40. The van der Waals surface area contributed by atoms with E-state index in [1.807, 2.05) is 0 Å². The van der Waals surface area contributed by atoms with Crippen LogP contribution < -0.4 is 5.32 Å². The second-order valence-electron chi connectivity index (χ2n) is 4.32. The normalized spacial score (nSPS) is 26.2. The van der Waals surface area contributed by atoms with Gasteiger partial charge in [0.05, 0.1) is 6.26 Å². The van der Waals surface area contributed by atoms with E-state index in [2.05, 4.69) is 12.2 Å². The topological polar surface area (TPSA) is 42.2 Å². The molecule has 0 aromatic carbocycles. The van der Waals surface area contributed by atoms with Gasteiger partial charge >= 0.3 is 0 Å². The van der Waals surface area contributed by atoms with E-state index >= 15 is 0 Å². The molecule has 1 heterocycles. The Labute approximate surface area is 89.9 Å². The molecule has 0 spiro atoms. The van der Waals surface area contributed by atoms with Crippen LogP contribution in [-0.2, 0) is 0 Å². The van der Waals surface area contributed by atoms with E-state index in [0.29, 0.717) is 17.7 Å². The molecule has 1 amide bonds. The molecule has 1 aliphatic rings.